The van der Waals surface area contributed by atoms with Crippen LogP contribution in [0.3, 0.4) is 0 Å². The van der Waals surface area contributed by atoms with E-state index in [2.05, 4.69) is 10.3 Å². The topological polar surface area (TPSA) is 104 Å². The van der Waals surface area contributed by atoms with Gasteiger partial charge in [-0.25, -0.2) is 4.98 Å². The van der Waals surface area contributed by atoms with Gasteiger partial charge in [0.1, 0.15) is 12.0 Å². The van der Waals surface area contributed by atoms with Crippen LogP contribution in [0.1, 0.15) is 31.9 Å². The molecule has 0 bridgehead atoms. The fourth-order valence-electron chi connectivity index (χ4n) is 2.02. The third kappa shape index (κ3) is 4.34. The average molecular weight is 283 g/mol. The maximum absolute atomic E-state index is 11.3. The van der Waals surface area contributed by atoms with Gasteiger partial charge in [-0.15, -0.1) is 0 Å². The first-order valence-corrected chi connectivity index (χ1v) is 6.48. The van der Waals surface area contributed by atoms with Crippen molar-refractivity contribution in [1.29, 1.82) is 0 Å². The number of imidazole rings is 1. The Morgan fingerprint density at radius 2 is 2.00 bits per heavy atom. The highest BCUT2D eigenvalue weighted by atomic mass is 16.4. The number of carbonyl (C=O) groups is 2. The summed E-state index contributed by atoms with van der Waals surface area (Å²) >= 11 is 0. The first-order chi connectivity index (χ1) is 9.32. The zero-order chi connectivity index (χ0) is 15.3. The fraction of sp³-hybridized carbons (Fsp3) is 0.615. The van der Waals surface area contributed by atoms with Gasteiger partial charge >= 0.3 is 11.9 Å². The number of hydrogen-bond acceptors (Lipinski definition) is 4. The van der Waals surface area contributed by atoms with Crippen LogP contribution in [0.25, 0.3) is 0 Å². The molecule has 0 spiro atoms. The van der Waals surface area contributed by atoms with Gasteiger partial charge < -0.3 is 20.1 Å². The van der Waals surface area contributed by atoms with Gasteiger partial charge in [0.15, 0.2) is 0 Å². The molecule has 112 valence electrons. The lowest BCUT2D eigenvalue weighted by Crippen LogP contribution is -2.41. The van der Waals surface area contributed by atoms with Gasteiger partial charge in [0.05, 0.1) is 12.0 Å². The van der Waals surface area contributed by atoms with Crippen molar-refractivity contribution in [2.75, 3.05) is 6.54 Å². The van der Waals surface area contributed by atoms with Gasteiger partial charge in [-0.2, -0.15) is 0 Å². The highest BCUT2D eigenvalue weighted by molar-refractivity contribution is 5.76. The number of hydrogen-bond donors (Lipinski definition) is 3. The third-order valence-electron chi connectivity index (χ3n) is 3.08. The molecule has 2 atom stereocenters. The Morgan fingerprint density at radius 3 is 2.40 bits per heavy atom. The van der Waals surface area contributed by atoms with Gasteiger partial charge in [0.2, 0.25) is 0 Å². The summed E-state index contributed by atoms with van der Waals surface area (Å²) in [5, 5.41) is 21.2. The molecule has 0 radical (unpaired) electrons. The summed E-state index contributed by atoms with van der Waals surface area (Å²) in [4.78, 5) is 26.4. The highest BCUT2D eigenvalue weighted by Gasteiger charge is 2.26. The van der Waals surface area contributed by atoms with Crippen molar-refractivity contribution in [1.82, 2.24) is 14.9 Å². The molecule has 0 aliphatic rings. The first-order valence-electron chi connectivity index (χ1n) is 6.48. The predicted octanol–water partition coefficient (Wildman–Crippen LogP) is 0.677. The molecule has 7 nitrogen and oxygen atoms in total. The van der Waals surface area contributed by atoms with E-state index in [1.165, 1.54) is 12.5 Å². The van der Waals surface area contributed by atoms with Gasteiger partial charge in [0.25, 0.3) is 0 Å². The summed E-state index contributed by atoms with van der Waals surface area (Å²) in [6.07, 6.45) is 3.46. The molecule has 0 aliphatic carbocycles. The second-order valence-electron chi connectivity index (χ2n) is 5.25. The monoisotopic (exact) mass is 283 g/mol. The summed E-state index contributed by atoms with van der Waals surface area (Å²) in [7, 11) is 1.71. The Balaban J connectivity index is 2.74. The Labute approximate surface area is 117 Å². The molecule has 0 saturated heterocycles. The van der Waals surface area contributed by atoms with Crippen molar-refractivity contribution in [2.24, 2.45) is 13.0 Å². The smallest absolute Gasteiger partial charge is 0.320 e. The molecule has 0 aliphatic heterocycles. The Morgan fingerprint density at radius 1 is 1.35 bits per heavy atom. The van der Waals surface area contributed by atoms with Crippen molar-refractivity contribution < 1.29 is 19.8 Å². The molecular formula is C13H21N3O4. The third-order valence-corrected chi connectivity index (χ3v) is 3.08. The Kier molecular flexibility index (Phi) is 5.69. The van der Waals surface area contributed by atoms with E-state index in [0.717, 1.165) is 0 Å². The van der Waals surface area contributed by atoms with Gasteiger partial charge in [-0.05, 0) is 12.3 Å². The lowest BCUT2D eigenvalue weighted by Gasteiger charge is -2.19. The summed E-state index contributed by atoms with van der Waals surface area (Å²) in [6, 6.07) is -0.745. The summed E-state index contributed by atoms with van der Waals surface area (Å²) in [5.74, 6) is -2.58. The van der Waals surface area contributed by atoms with Crippen LogP contribution < -0.4 is 5.32 Å². The molecular weight excluding hydrogens is 262 g/mol. The van der Waals surface area contributed by atoms with Crippen LogP contribution in [0.4, 0.5) is 0 Å². The zero-order valence-corrected chi connectivity index (χ0v) is 11.9. The summed E-state index contributed by atoms with van der Waals surface area (Å²) < 4.78 is 1.62. The first kappa shape index (κ1) is 16.2. The van der Waals surface area contributed by atoms with Crippen molar-refractivity contribution >= 4 is 11.9 Å². The molecule has 2 unspecified atom stereocenters. The van der Waals surface area contributed by atoms with Crippen molar-refractivity contribution in [3.63, 3.8) is 0 Å². The van der Waals surface area contributed by atoms with E-state index < -0.39 is 23.9 Å². The van der Waals surface area contributed by atoms with E-state index in [1.807, 2.05) is 13.8 Å². The minimum Gasteiger partial charge on any atom is -0.481 e. The van der Waals surface area contributed by atoms with Gasteiger partial charge in [0, 0.05) is 19.8 Å². The van der Waals surface area contributed by atoms with E-state index in [9.17, 15) is 14.7 Å². The van der Waals surface area contributed by atoms with Crippen LogP contribution >= 0.6 is 0 Å². The fourth-order valence-corrected chi connectivity index (χ4v) is 2.02. The normalized spacial score (nSPS) is 14.2. The highest BCUT2D eigenvalue weighted by Crippen LogP contribution is 2.15. The largest absolute Gasteiger partial charge is 0.481 e. The SMILES string of the molecule is CC(C)CC(NCC(C(=O)O)c1cncn1C)C(=O)O. The molecule has 0 aromatic carbocycles. The van der Waals surface area contributed by atoms with E-state index in [1.54, 1.807) is 11.6 Å². The van der Waals surface area contributed by atoms with Crippen molar-refractivity contribution in [2.45, 2.75) is 32.2 Å². The molecule has 1 aromatic rings. The second-order valence-corrected chi connectivity index (χ2v) is 5.25. The summed E-state index contributed by atoms with van der Waals surface area (Å²) in [5.41, 5.74) is 0.540. The Bertz CT molecular complexity index is 470. The predicted molar refractivity (Wildman–Crippen MR) is 72.5 cm³/mol. The molecule has 0 amide bonds. The van der Waals surface area contributed by atoms with Crippen LogP contribution in [0.15, 0.2) is 12.5 Å². The quantitative estimate of drug-likeness (QED) is 0.648. The van der Waals surface area contributed by atoms with Crippen LogP contribution in [0.5, 0.6) is 0 Å². The van der Waals surface area contributed by atoms with E-state index in [0.29, 0.717) is 12.1 Å². The summed E-state index contributed by atoms with van der Waals surface area (Å²) in [6.45, 7) is 3.90. The minimum absolute atomic E-state index is 0.0541. The number of rotatable bonds is 8. The number of aliphatic carboxylic acids is 2. The number of carboxylic acids is 2. The molecule has 20 heavy (non-hydrogen) atoms. The van der Waals surface area contributed by atoms with Gasteiger partial charge in [-0.1, -0.05) is 13.8 Å². The molecule has 0 saturated carbocycles. The van der Waals surface area contributed by atoms with E-state index in [-0.39, 0.29) is 12.5 Å². The van der Waals surface area contributed by atoms with Crippen LogP contribution in [-0.2, 0) is 16.6 Å². The van der Waals surface area contributed by atoms with E-state index in [4.69, 9.17) is 5.11 Å². The lowest BCUT2D eigenvalue weighted by atomic mass is 10.0. The zero-order valence-electron chi connectivity index (χ0n) is 11.9. The average Bonchev–Trinajstić information content (AvgIpc) is 2.73. The standard InChI is InChI=1S/C13H21N3O4/c1-8(2)4-10(13(19)20)15-5-9(12(17)18)11-6-14-7-16(11)3/h6-10,15H,4-5H2,1-3H3,(H,17,18)(H,19,20). The molecule has 1 rings (SSSR count). The number of nitrogens with one attached hydrogen (secondary N) is 1. The maximum Gasteiger partial charge on any atom is 0.320 e. The van der Waals surface area contributed by atoms with Crippen LogP contribution in [0, 0.1) is 5.92 Å². The number of carboxylic acid groups (broad SMARTS) is 2. The maximum atomic E-state index is 11.3. The minimum atomic E-state index is -1.00. The molecule has 1 heterocycles. The van der Waals surface area contributed by atoms with Gasteiger partial charge in [-0.3, -0.25) is 9.59 Å². The van der Waals surface area contributed by atoms with Crippen molar-refractivity contribution in [3.8, 4) is 0 Å². The molecule has 1 aromatic heterocycles. The number of aromatic nitrogens is 2. The Hall–Kier alpha value is -1.89. The van der Waals surface area contributed by atoms with Crippen LogP contribution in [0.2, 0.25) is 0 Å². The lowest BCUT2D eigenvalue weighted by molar-refractivity contribution is -0.142. The van der Waals surface area contributed by atoms with Crippen LogP contribution in [-0.4, -0.2) is 44.3 Å². The number of nitrogens with zero attached hydrogens (tertiary/aromatic N) is 2. The van der Waals surface area contributed by atoms with E-state index >= 15 is 0 Å². The number of aryl methyl sites for hydroxylation is 1. The molecule has 7 heteroatoms. The van der Waals surface area contributed by atoms with Crippen molar-refractivity contribution in [3.05, 3.63) is 18.2 Å². The molecule has 0 fully saturated rings. The molecule has 3 N–H and O–H groups in total. The second kappa shape index (κ2) is 7.04.